The van der Waals surface area contributed by atoms with E-state index in [2.05, 4.69) is 10.6 Å². The van der Waals surface area contributed by atoms with Crippen molar-refractivity contribution in [1.29, 1.82) is 0 Å². The summed E-state index contributed by atoms with van der Waals surface area (Å²) in [6.45, 7) is 2.58. The minimum Gasteiger partial charge on any atom is -0.483 e. The maximum Gasteiger partial charge on any atom is 0.272 e. The first-order chi connectivity index (χ1) is 21.9. The van der Waals surface area contributed by atoms with Gasteiger partial charge in [-0.2, -0.15) is 0 Å². The van der Waals surface area contributed by atoms with Crippen molar-refractivity contribution in [2.75, 3.05) is 6.54 Å². The number of halogens is 3. The molecule has 1 aromatic heterocycles. The standard InChI is InChI=1S/C34H32F3N3O6/c1-34(2,46-28(41)13-20-9-5-3-6-10-20)27-17-39-33(44)29-31(45-19-21-11-7-4-8-12-21)30(42)24(18-40(27)29)32(43)38-16-23-25(36)14-22(35)15-26(23)37/h3-12,14-15,18,27-28,41H,13,16-17,19H2,1-2H3,(H,38,43)(H,39,44)/t27-,28?/m1/s1. The summed E-state index contributed by atoms with van der Waals surface area (Å²) in [5.74, 6) is -5.62. The van der Waals surface area contributed by atoms with Crippen molar-refractivity contribution in [1.82, 2.24) is 15.2 Å². The lowest BCUT2D eigenvalue weighted by Crippen LogP contribution is -2.51. The van der Waals surface area contributed by atoms with Gasteiger partial charge in [-0.1, -0.05) is 60.7 Å². The van der Waals surface area contributed by atoms with Gasteiger partial charge in [-0.3, -0.25) is 14.4 Å². The number of pyridine rings is 1. The first-order valence-corrected chi connectivity index (χ1v) is 14.5. The van der Waals surface area contributed by atoms with Gasteiger partial charge in [0.25, 0.3) is 11.8 Å². The van der Waals surface area contributed by atoms with Gasteiger partial charge < -0.3 is 29.8 Å². The third kappa shape index (κ3) is 7.13. The lowest BCUT2D eigenvalue weighted by atomic mass is 9.94. The van der Waals surface area contributed by atoms with Crippen LogP contribution in [0.2, 0.25) is 0 Å². The molecule has 3 N–H and O–H groups in total. The van der Waals surface area contributed by atoms with E-state index in [9.17, 15) is 32.7 Å². The molecular weight excluding hydrogens is 603 g/mol. The molecule has 0 spiro atoms. The second-order valence-corrected chi connectivity index (χ2v) is 11.4. The Kier molecular flexibility index (Phi) is 9.59. The number of aliphatic hydroxyl groups excluding tert-OH is 1. The lowest BCUT2D eigenvalue weighted by molar-refractivity contribution is -0.187. The number of ether oxygens (including phenoxy) is 2. The van der Waals surface area contributed by atoms with E-state index < -0.39 is 76.0 Å². The van der Waals surface area contributed by atoms with E-state index in [1.54, 1.807) is 44.2 Å². The number of aliphatic hydroxyl groups is 1. The summed E-state index contributed by atoms with van der Waals surface area (Å²) in [6, 6.07) is 18.2. The zero-order valence-electron chi connectivity index (χ0n) is 25.1. The summed E-state index contributed by atoms with van der Waals surface area (Å²) >= 11 is 0. The number of hydrogen-bond donors (Lipinski definition) is 3. The van der Waals surface area contributed by atoms with Gasteiger partial charge in [-0.05, 0) is 25.0 Å². The van der Waals surface area contributed by atoms with Crippen molar-refractivity contribution in [2.45, 2.75) is 51.4 Å². The van der Waals surface area contributed by atoms with Crippen molar-refractivity contribution in [2.24, 2.45) is 0 Å². The molecule has 4 aromatic rings. The van der Waals surface area contributed by atoms with E-state index >= 15 is 0 Å². The minimum absolute atomic E-state index is 0.00491. The van der Waals surface area contributed by atoms with E-state index in [-0.39, 0.29) is 25.3 Å². The Labute approximate surface area is 262 Å². The van der Waals surface area contributed by atoms with Crippen LogP contribution >= 0.6 is 0 Å². The largest absolute Gasteiger partial charge is 0.483 e. The zero-order chi connectivity index (χ0) is 33.0. The van der Waals surface area contributed by atoms with E-state index in [0.717, 1.165) is 11.8 Å². The number of nitrogens with zero attached hydrogens (tertiary/aromatic N) is 1. The van der Waals surface area contributed by atoms with Crippen LogP contribution in [0.15, 0.2) is 83.8 Å². The Balaban J connectivity index is 1.51. The predicted octanol–water partition coefficient (Wildman–Crippen LogP) is 4.42. The molecule has 1 unspecified atom stereocenters. The van der Waals surface area contributed by atoms with Crippen molar-refractivity contribution in [3.63, 3.8) is 0 Å². The topological polar surface area (TPSA) is 119 Å². The molecule has 1 aliphatic heterocycles. The molecule has 46 heavy (non-hydrogen) atoms. The molecule has 0 fully saturated rings. The van der Waals surface area contributed by atoms with Crippen LogP contribution in [0.4, 0.5) is 13.2 Å². The second kappa shape index (κ2) is 13.6. The van der Waals surface area contributed by atoms with Gasteiger partial charge in [0.05, 0.1) is 11.6 Å². The number of rotatable bonds is 11. The summed E-state index contributed by atoms with van der Waals surface area (Å²) in [5, 5.41) is 15.9. The highest BCUT2D eigenvalue weighted by Crippen LogP contribution is 2.33. The number of benzene rings is 3. The Morgan fingerprint density at radius 2 is 1.63 bits per heavy atom. The van der Waals surface area contributed by atoms with Gasteiger partial charge in [0, 0.05) is 43.4 Å². The fourth-order valence-corrected chi connectivity index (χ4v) is 5.34. The molecule has 2 atom stereocenters. The minimum atomic E-state index is -1.24. The highest BCUT2D eigenvalue weighted by molar-refractivity contribution is 5.99. The second-order valence-electron chi connectivity index (χ2n) is 11.4. The molecular formula is C34H32F3N3O6. The average Bonchev–Trinajstić information content (AvgIpc) is 3.00. The van der Waals surface area contributed by atoms with Gasteiger partial charge in [0.1, 0.15) is 29.6 Å². The quantitative estimate of drug-likeness (QED) is 0.210. The summed E-state index contributed by atoms with van der Waals surface area (Å²) in [5.41, 5.74) is -1.86. The van der Waals surface area contributed by atoms with Gasteiger partial charge >= 0.3 is 0 Å². The molecule has 240 valence electrons. The van der Waals surface area contributed by atoms with Crippen molar-refractivity contribution >= 4 is 11.8 Å². The normalized spacial score (nSPS) is 15.1. The molecule has 2 heterocycles. The average molecular weight is 636 g/mol. The first-order valence-electron chi connectivity index (χ1n) is 14.5. The predicted molar refractivity (Wildman–Crippen MR) is 162 cm³/mol. The van der Waals surface area contributed by atoms with Crippen LogP contribution in [0.5, 0.6) is 5.75 Å². The summed E-state index contributed by atoms with van der Waals surface area (Å²) < 4.78 is 55.3. The lowest BCUT2D eigenvalue weighted by Gasteiger charge is -2.41. The smallest absolute Gasteiger partial charge is 0.272 e. The van der Waals surface area contributed by atoms with Crippen LogP contribution in [0.1, 0.15) is 57.4 Å². The summed E-state index contributed by atoms with van der Waals surface area (Å²) in [7, 11) is 0. The number of fused-ring (bicyclic) bond motifs is 1. The van der Waals surface area contributed by atoms with E-state index in [1.165, 1.54) is 4.57 Å². The van der Waals surface area contributed by atoms with Crippen molar-refractivity contribution in [3.05, 3.63) is 135 Å². The van der Waals surface area contributed by atoms with Crippen molar-refractivity contribution < 1.29 is 37.3 Å². The fourth-order valence-electron chi connectivity index (χ4n) is 5.34. The molecule has 2 amide bonds. The molecule has 0 aliphatic carbocycles. The van der Waals surface area contributed by atoms with Gasteiger partial charge in [0.2, 0.25) is 5.43 Å². The van der Waals surface area contributed by atoms with E-state index in [0.29, 0.717) is 17.7 Å². The zero-order valence-corrected chi connectivity index (χ0v) is 25.1. The summed E-state index contributed by atoms with van der Waals surface area (Å²) in [4.78, 5) is 40.4. The molecule has 9 nitrogen and oxygen atoms in total. The molecule has 12 heteroatoms. The SMILES string of the molecule is CC(C)(OC(O)Cc1ccccc1)[C@H]1CNC(=O)c2c(OCc3ccccc3)c(=O)c(C(=O)NCc3c(F)cc(F)cc3F)cn21. The van der Waals surface area contributed by atoms with Crippen LogP contribution in [0.3, 0.4) is 0 Å². The van der Waals surface area contributed by atoms with Crippen molar-refractivity contribution in [3.8, 4) is 5.75 Å². The number of hydrogen-bond acceptors (Lipinski definition) is 6. The molecule has 0 saturated carbocycles. The van der Waals surface area contributed by atoms with Crippen LogP contribution in [-0.4, -0.2) is 39.9 Å². The molecule has 0 bridgehead atoms. The molecule has 3 aromatic carbocycles. The third-order valence-corrected chi connectivity index (χ3v) is 7.70. The number of carbonyl (C=O) groups excluding carboxylic acids is 2. The fraction of sp³-hybridized carbons (Fsp3) is 0.265. The van der Waals surface area contributed by atoms with Crippen LogP contribution in [0.25, 0.3) is 0 Å². The van der Waals surface area contributed by atoms with Gasteiger partial charge in [-0.15, -0.1) is 0 Å². The maximum atomic E-state index is 14.3. The third-order valence-electron chi connectivity index (χ3n) is 7.70. The van der Waals surface area contributed by atoms with Crippen LogP contribution in [0, 0.1) is 17.5 Å². The highest BCUT2D eigenvalue weighted by Gasteiger charge is 2.41. The monoisotopic (exact) mass is 635 g/mol. The highest BCUT2D eigenvalue weighted by atomic mass is 19.1. The van der Waals surface area contributed by atoms with E-state index in [4.69, 9.17) is 9.47 Å². The molecule has 1 aliphatic rings. The van der Waals surface area contributed by atoms with Crippen LogP contribution in [-0.2, 0) is 24.3 Å². The van der Waals surface area contributed by atoms with Crippen LogP contribution < -0.4 is 20.8 Å². The first kappa shape index (κ1) is 32.5. The van der Waals surface area contributed by atoms with Gasteiger partial charge in [-0.25, -0.2) is 13.2 Å². The van der Waals surface area contributed by atoms with Gasteiger partial charge in [0.15, 0.2) is 17.7 Å². The molecule has 0 radical (unpaired) electrons. The number of carbonyl (C=O) groups is 2. The maximum absolute atomic E-state index is 14.3. The number of nitrogens with one attached hydrogen (secondary N) is 2. The number of amides is 2. The Bertz CT molecular complexity index is 1770. The van der Waals surface area contributed by atoms with E-state index in [1.807, 2.05) is 30.3 Å². The molecule has 0 saturated heterocycles. The Hall–Kier alpha value is -4.94. The molecule has 5 rings (SSSR count). The Morgan fingerprint density at radius 3 is 2.26 bits per heavy atom. The summed E-state index contributed by atoms with van der Waals surface area (Å²) in [6.07, 6.45) is 0.100. The number of aromatic nitrogens is 1. The Morgan fingerprint density at radius 1 is 1.02 bits per heavy atom.